The average molecular weight is 179 g/mol. The van der Waals surface area contributed by atoms with Crippen molar-refractivity contribution in [2.75, 3.05) is 0 Å². The summed E-state index contributed by atoms with van der Waals surface area (Å²) in [4.78, 5) is 4.59. The first kappa shape index (κ1) is 10.1. The molecule has 0 spiro atoms. The molecule has 0 fully saturated rings. The predicted molar refractivity (Wildman–Crippen MR) is 54.5 cm³/mol. The van der Waals surface area contributed by atoms with E-state index in [0.29, 0.717) is 0 Å². The van der Waals surface area contributed by atoms with Crippen molar-refractivity contribution in [2.24, 2.45) is 5.90 Å². The van der Waals surface area contributed by atoms with Crippen LogP contribution in [0, 0.1) is 0 Å². The predicted octanol–water partition coefficient (Wildman–Crippen LogP) is 2.67. The highest BCUT2D eigenvalue weighted by Gasteiger charge is 1.94. The Balaban J connectivity index is 2.40. The van der Waals surface area contributed by atoms with Gasteiger partial charge in [0, 0.05) is 0 Å². The van der Waals surface area contributed by atoms with Crippen LogP contribution < -0.4 is 10.7 Å². The molecule has 0 saturated heterocycles. The summed E-state index contributed by atoms with van der Waals surface area (Å²) >= 11 is 0. The first-order valence-electron chi connectivity index (χ1n) is 4.82. The van der Waals surface area contributed by atoms with Gasteiger partial charge in [0.1, 0.15) is 5.75 Å². The normalized spacial score (nSPS) is 10.0. The summed E-state index contributed by atoms with van der Waals surface area (Å²) in [5.41, 5.74) is 1.36. The molecule has 0 radical (unpaired) electrons. The van der Waals surface area contributed by atoms with E-state index in [4.69, 9.17) is 5.90 Å². The Morgan fingerprint density at radius 2 is 1.85 bits per heavy atom. The molecule has 1 aromatic rings. The topological polar surface area (TPSA) is 35.2 Å². The van der Waals surface area contributed by atoms with E-state index < -0.39 is 0 Å². The van der Waals surface area contributed by atoms with Crippen molar-refractivity contribution in [3.05, 3.63) is 29.8 Å². The van der Waals surface area contributed by atoms with Gasteiger partial charge in [0.25, 0.3) is 0 Å². The number of hydrogen-bond donors (Lipinski definition) is 1. The summed E-state index contributed by atoms with van der Waals surface area (Å²) < 4.78 is 0. The largest absolute Gasteiger partial charge is 0.412 e. The minimum atomic E-state index is 0.722. The summed E-state index contributed by atoms with van der Waals surface area (Å²) in [6.45, 7) is 2.21. The number of hydrogen-bond acceptors (Lipinski definition) is 2. The highest BCUT2D eigenvalue weighted by molar-refractivity contribution is 5.26. The van der Waals surface area contributed by atoms with Crippen LogP contribution in [0.5, 0.6) is 5.75 Å². The third kappa shape index (κ3) is 3.47. The maximum atomic E-state index is 5.02. The van der Waals surface area contributed by atoms with Crippen LogP contribution in [0.3, 0.4) is 0 Å². The van der Waals surface area contributed by atoms with E-state index in [1.807, 2.05) is 12.1 Å². The zero-order valence-electron chi connectivity index (χ0n) is 8.12. The van der Waals surface area contributed by atoms with Crippen molar-refractivity contribution in [1.82, 2.24) is 0 Å². The smallest absolute Gasteiger partial charge is 0.146 e. The quantitative estimate of drug-likeness (QED) is 0.557. The van der Waals surface area contributed by atoms with Crippen LogP contribution in [0.15, 0.2) is 24.3 Å². The third-order valence-corrected chi connectivity index (χ3v) is 2.13. The number of unbranched alkanes of at least 4 members (excludes halogenated alkanes) is 2. The monoisotopic (exact) mass is 179 g/mol. The molecule has 0 aliphatic carbocycles. The first-order chi connectivity index (χ1) is 6.36. The number of nitrogens with two attached hydrogens (primary N) is 1. The van der Waals surface area contributed by atoms with Crippen molar-refractivity contribution < 1.29 is 4.84 Å². The highest BCUT2D eigenvalue weighted by atomic mass is 16.6. The summed E-state index contributed by atoms with van der Waals surface area (Å²) in [6, 6.07) is 7.94. The molecular formula is C11H17NO. The van der Waals surface area contributed by atoms with Gasteiger partial charge in [0.15, 0.2) is 0 Å². The minimum absolute atomic E-state index is 0.722. The molecule has 0 amide bonds. The van der Waals surface area contributed by atoms with Crippen LogP contribution in [0.25, 0.3) is 0 Å². The maximum Gasteiger partial charge on any atom is 0.146 e. The summed E-state index contributed by atoms with van der Waals surface area (Å²) in [5, 5.41) is 0. The second-order valence-electron chi connectivity index (χ2n) is 3.22. The van der Waals surface area contributed by atoms with E-state index in [1.165, 1.54) is 24.8 Å². The molecule has 0 unspecified atom stereocenters. The van der Waals surface area contributed by atoms with Gasteiger partial charge in [0.05, 0.1) is 0 Å². The molecule has 2 heteroatoms. The molecule has 0 heterocycles. The van der Waals surface area contributed by atoms with Crippen molar-refractivity contribution >= 4 is 0 Å². The Hall–Kier alpha value is -1.02. The summed E-state index contributed by atoms with van der Waals surface area (Å²) in [7, 11) is 0. The zero-order valence-corrected chi connectivity index (χ0v) is 8.12. The Labute approximate surface area is 79.7 Å². The standard InChI is InChI=1S/C11H17NO/c1-2-3-4-5-10-6-8-11(13-12)9-7-10/h6-9H,2-5,12H2,1H3. The Morgan fingerprint density at radius 3 is 2.38 bits per heavy atom. The molecule has 13 heavy (non-hydrogen) atoms. The fourth-order valence-electron chi connectivity index (χ4n) is 1.31. The van der Waals surface area contributed by atoms with E-state index in [9.17, 15) is 0 Å². The number of rotatable bonds is 5. The molecule has 72 valence electrons. The van der Waals surface area contributed by atoms with Crippen molar-refractivity contribution in [1.29, 1.82) is 0 Å². The Bertz CT molecular complexity index is 230. The van der Waals surface area contributed by atoms with Gasteiger partial charge in [0.2, 0.25) is 0 Å². The Kier molecular flexibility index (Phi) is 4.33. The lowest BCUT2D eigenvalue weighted by Crippen LogP contribution is -2.01. The van der Waals surface area contributed by atoms with Crippen LogP contribution in [0.1, 0.15) is 31.7 Å². The van der Waals surface area contributed by atoms with E-state index in [0.717, 1.165) is 12.2 Å². The van der Waals surface area contributed by atoms with Gasteiger partial charge >= 0.3 is 0 Å². The average Bonchev–Trinajstić information content (AvgIpc) is 2.19. The van der Waals surface area contributed by atoms with Crippen LogP contribution in [0.4, 0.5) is 0 Å². The second kappa shape index (κ2) is 5.60. The van der Waals surface area contributed by atoms with Crippen LogP contribution in [0.2, 0.25) is 0 Å². The van der Waals surface area contributed by atoms with Crippen LogP contribution >= 0.6 is 0 Å². The van der Waals surface area contributed by atoms with E-state index in [1.54, 1.807) is 0 Å². The summed E-state index contributed by atoms with van der Waals surface area (Å²) in [6.07, 6.45) is 4.98. The van der Waals surface area contributed by atoms with Crippen LogP contribution in [-0.4, -0.2) is 0 Å². The number of aryl methyl sites for hydroxylation is 1. The van der Waals surface area contributed by atoms with Gasteiger partial charge in [-0.3, -0.25) is 0 Å². The Morgan fingerprint density at radius 1 is 1.15 bits per heavy atom. The van der Waals surface area contributed by atoms with Gasteiger partial charge in [-0.2, -0.15) is 5.90 Å². The molecular weight excluding hydrogens is 162 g/mol. The lowest BCUT2D eigenvalue weighted by atomic mass is 10.1. The number of benzene rings is 1. The lowest BCUT2D eigenvalue weighted by molar-refractivity contribution is 0.334. The van der Waals surface area contributed by atoms with Gasteiger partial charge in [-0.1, -0.05) is 31.9 Å². The highest BCUT2D eigenvalue weighted by Crippen LogP contribution is 2.12. The summed E-state index contributed by atoms with van der Waals surface area (Å²) in [5.74, 6) is 5.74. The van der Waals surface area contributed by atoms with Gasteiger partial charge in [-0.25, -0.2) is 0 Å². The molecule has 0 aliphatic rings. The van der Waals surface area contributed by atoms with Crippen molar-refractivity contribution in [3.63, 3.8) is 0 Å². The molecule has 2 nitrogen and oxygen atoms in total. The van der Waals surface area contributed by atoms with Gasteiger partial charge in [-0.05, 0) is 30.5 Å². The van der Waals surface area contributed by atoms with E-state index in [-0.39, 0.29) is 0 Å². The van der Waals surface area contributed by atoms with Gasteiger partial charge in [-0.15, -0.1) is 0 Å². The minimum Gasteiger partial charge on any atom is -0.412 e. The van der Waals surface area contributed by atoms with Crippen molar-refractivity contribution in [2.45, 2.75) is 32.6 Å². The first-order valence-corrected chi connectivity index (χ1v) is 4.82. The molecule has 0 saturated carbocycles. The second-order valence-corrected chi connectivity index (χ2v) is 3.22. The molecule has 0 bridgehead atoms. The maximum absolute atomic E-state index is 5.02. The van der Waals surface area contributed by atoms with E-state index >= 15 is 0 Å². The fraction of sp³-hybridized carbons (Fsp3) is 0.455. The molecule has 2 N–H and O–H groups in total. The molecule has 0 aliphatic heterocycles. The van der Waals surface area contributed by atoms with E-state index in [2.05, 4.69) is 23.9 Å². The van der Waals surface area contributed by atoms with Gasteiger partial charge < -0.3 is 4.84 Å². The lowest BCUT2D eigenvalue weighted by Gasteiger charge is -2.01. The van der Waals surface area contributed by atoms with Crippen molar-refractivity contribution in [3.8, 4) is 5.75 Å². The molecule has 0 aromatic heterocycles. The molecule has 0 atom stereocenters. The van der Waals surface area contributed by atoms with Crippen LogP contribution in [-0.2, 0) is 6.42 Å². The zero-order chi connectivity index (χ0) is 9.52. The molecule has 1 rings (SSSR count). The fourth-order valence-corrected chi connectivity index (χ4v) is 1.31. The SMILES string of the molecule is CCCCCc1ccc(ON)cc1. The molecule has 1 aromatic carbocycles. The third-order valence-electron chi connectivity index (χ3n) is 2.13.